The molecule has 0 amide bonds. The molecule has 2 aromatic rings. The summed E-state index contributed by atoms with van der Waals surface area (Å²) in [5.74, 6) is 1.84. The Morgan fingerprint density at radius 3 is 2.62 bits per heavy atom. The Balaban J connectivity index is 1.39. The van der Waals surface area contributed by atoms with Crippen LogP contribution in [0.1, 0.15) is 49.0 Å². The highest BCUT2D eigenvalue weighted by Gasteiger charge is 2.30. The molecule has 112 valence electrons. The van der Waals surface area contributed by atoms with Crippen molar-refractivity contribution in [1.82, 2.24) is 5.32 Å². The van der Waals surface area contributed by atoms with Crippen molar-refractivity contribution in [1.29, 1.82) is 0 Å². The third kappa shape index (κ3) is 3.76. The van der Waals surface area contributed by atoms with Gasteiger partial charge in [-0.1, -0.05) is 29.8 Å². The van der Waals surface area contributed by atoms with Gasteiger partial charge in [-0.05, 0) is 56.7 Å². The van der Waals surface area contributed by atoms with Gasteiger partial charge in [-0.25, -0.2) is 0 Å². The zero-order chi connectivity index (χ0) is 14.7. The molecule has 1 saturated carbocycles. The molecule has 0 saturated heterocycles. The predicted molar refractivity (Wildman–Crippen MR) is 86.6 cm³/mol. The van der Waals surface area contributed by atoms with Crippen LogP contribution in [-0.2, 0) is 6.42 Å². The maximum absolute atomic E-state index is 5.39. The van der Waals surface area contributed by atoms with Gasteiger partial charge in [-0.2, -0.15) is 0 Å². The van der Waals surface area contributed by atoms with Crippen LogP contribution in [0, 0.1) is 6.92 Å². The summed E-state index contributed by atoms with van der Waals surface area (Å²) < 4.78 is 5.39. The second-order valence-electron chi connectivity index (χ2n) is 6.46. The minimum absolute atomic E-state index is 0.555. The molecule has 1 unspecified atom stereocenters. The van der Waals surface area contributed by atoms with E-state index in [4.69, 9.17) is 4.42 Å². The second kappa shape index (κ2) is 6.48. The van der Waals surface area contributed by atoms with Gasteiger partial charge >= 0.3 is 0 Å². The number of hydrogen-bond donors (Lipinski definition) is 1. The summed E-state index contributed by atoms with van der Waals surface area (Å²) in [4.78, 5) is 0. The molecule has 1 aromatic heterocycles. The van der Waals surface area contributed by atoms with Crippen LogP contribution < -0.4 is 5.32 Å². The van der Waals surface area contributed by atoms with E-state index in [9.17, 15) is 0 Å². The fourth-order valence-electron chi connectivity index (χ4n) is 3.16. The van der Waals surface area contributed by atoms with E-state index in [1.165, 1.54) is 24.0 Å². The largest absolute Gasteiger partial charge is 0.469 e. The van der Waals surface area contributed by atoms with Crippen LogP contribution >= 0.6 is 0 Å². The first-order chi connectivity index (χ1) is 10.2. The van der Waals surface area contributed by atoms with Crippen LogP contribution in [0.4, 0.5) is 0 Å². The Bertz CT molecular complexity index is 537. The van der Waals surface area contributed by atoms with E-state index < -0.39 is 0 Å². The summed E-state index contributed by atoms with van der Waals surface area (Å²) in [5, 5.41) is 3.75. The Morgan fingerprint density at radius 2 is 1.95 bits per heavy atom. The fraction of sp³-hybridized carbons (Fsp3) is 0.474. The summed E-state index contributed by atoms with van der Waals surface area (Å²) >= 11 is 0. The van der Waals surface area contributed by atoms with Crippen molar-refractivity contribution < 1.29 is 4.42 Å². The van der Waals surface area contributed by atoms with E-state index in [0.29, 0.717) is 12.1 Å². The molecule has 1 N–H and O–H groups in total. The van der Waals surface area contributed by atoms with Crippen LogP contribution in [-0.4, -0.2) is 12.1 Å². The van der Waals surface area contributed by atoms with Gasteiger partial charge in [0.05, 0.1) is 6.26 Å². The van der Waals surface area contributed by atoms with Gasteiger partial charge in [0.2, 0.25) is 0 Å². The Labute approximate surface area is 127 Å². The molecular formula is C19H25NO. The van der Waals surface area contributed by atoms with Gasteiger partial charge < -0.3 is 9.73 Å². The number of rotatable bonds is 6. The van der Waals surface area contributed by atoms with Gasteiger partial charge in [-0.15, -0.1) is 0 Å². The van der Waals surface area contributed by atoms with Gasteiger partial charge in [-0.3, -0.25) is 0 Å². The minimum atomic E-state index is 0.555. The minimum Gasteiger partial charge on any atom is -0.469 e. The van der Waals surface area contributed by atoms with E-state index in [1.807, 2.05) is 6.07 Å². The Morgan fingerprint density at radius 1 is 1.19 bits per heavy atom. The molecule has 2 nitrogen and oxygen atoms in total. The molecule has 1 aliphatic carbocycles. The summed E-state index contributed by atoms with van der Waals surface area (Å²) in [6.07, 6.45) is 6.46. The van der Waals surface area contributed by atoms with Crippen molar-refractivity contribution in [3.05, 3.63) is 59.5 Å². The highest BCUT2D eigenvalue weighted by molar-refractivity contribution is 5.26. The number of nitrogens with one attached hydrogen (secondary N) is 1. The molecule has 0 aliphatic heterocycles. The van der Waals surface area contributed by atoms with Crippen LogP contribution in [0.5, 0.6) is 0 Å². The van der Waals surface area contributed by atoms with Crippen molar-refractivity contribution in [2.75, 3.05) is 0 Å². The first kappa shape index (κ1) is 14.4. The topological polar surface area (TPSA) is 25.2 Å². The van der Waals surface area contributed by atoms with Crippen molar-refractivity contribution in [3.8, 4) is 0 Å². The lowest BCUT2D eigenvalue weighted by atomic mass is 9.75. The van der Waals surface area contributed by atoms with Crippen LogP contribution in [0.25, 0.3) is 0 Å². The first-order valence-electron chi connectivity index (χ1n) is 8.05. The molecular weight excluding hydrogens is 258 g/mol. The summed E-state index contributed by atoms with van der Waals surface area (Å²) in [6, 6.07) is 14.3. The number of benzene rings is 1. The third-order valence-corrected chi connectivity index (χ3v) is 4.61. The van der Waals surface area contributed by atoms with Crippen molar-refractivity contribution >= 4 is 0 Å². The number of hydrogen-bond acceptors (Lipinski definition) is 2. The zero-order valence-corrected chi connectivity index (χ0v) is 13.0. The standard InChI is InChI=1S/C19H25NO/c1-14-5-8-16(9-6-14)17-12-18(13-17)20-15(2)7-10-19-4-3-11-21-19/h3-6,8-9,11,15,17-18,20H,7,10,12-13H2,1-2H3. The van der Waals surface area contributed by atoms with Crippen LogP contribution in [0.15, 0.2) is 47.1 Å². The molecule has 1 atom stereocenters. The van der Waals surface area contributed by atoms with Crippen LogP contribution in [0.2, 0.25) is 0 Å². The third-order valence-electron chi connectivity index (χ3n) is 4.61. The fourth-order valence-corrected chi connectivity index (χ4v) is 3.16. The lowest BCUT2D eigenvalue weighted by molar-refractivity contribution is 0.264. The van der Waals surface area contributed by atoms with E-state index in [-0.39, 0.29) is 0 Å². The predicted octanol–water partition coefficient (Wildman–Crippen LogP) is 4.44. The molecule has 1 heterocycles. The lowest BCUT2D eigenvalue weighted by Crippen LogP contribution is -2.44. The molecule has 21 heavy (non-hydrogen) atoms. The SMILES string of the molecule is Cc1ccc(C2CC(NC(C)CCc3ccco3)C2)cc1. The van der Waals surface area contributed by atoms with E-state index >= 15 is 0 Å². The van der Waals surface area contributed by atoms with Crippen molar-refractivity contribution in [2.45, 2.75) is 57.5 Å². The number of aryl methyl sites for hydroxylation is 2. The quantitative estimate of drug-likeness (QED) is 0.847. The highest BCUT2D eigenvalue weighted by atomic mass is 16.3. The van der Waals surface area contributed by atoms with E-state index in [1.54, 1.807) is 6.26 Å². The maximum Gasteiger partial charge on any atom is 0.103 e. The maximum atomic E-state index is 5.39. The molecule has 0 bridgehead atoms. The highest BCUT2D eigenvalue weighted by Crippen LogP contribution is 2.37. The molecule has 0 radical (unpaired) electrons. The average molecular weight is 283 g/mol. The summed E-state index contributed by atoms with van der Waals surface area (Å²) in [6.45, 7) is 4.43. The summed E-state index contributed by atoms with van der Waals surface area (Å²) in [7, 11) is 0. The lowest BCUT2D eigenvalue weighted by Gasteiger charge is -2.38. The van der Waals surface area contributed by atoms with Gasteiger partial charge in [0.1, 0.15) is 5.76 Å². The van der Waals surface area contributed by atoms with Gasteiger partial charge in [0.25, 0.3) is 0 Å². The molecule has 3 rings (SSSR count). The first-order valence-corrected chi connectivity index (χ1v) is 8.05. The van der Waals surface area contributed by atoms with E-state index in [0.717, 1.165) is 24.5 Å². The second-order valence-corrected chi connectivity index (χ2v) is 6.46. The summed E-state index contributed by atoms with van der Waals surface area (Å²) in [5.41, 5.74) is 2.85. The monoisotopic (exact) mass is 283 g/mol. The molecule has 1 fully saturated rings. The average Bonchev–Trinajstić information content (AvgIpc) is 2.95. The smallest absolute Gasteiger partial charge is 0.103 e. The Hall–Kier alpha value is -1.54. The molecule has 2 heteroatoms. The molecule has 0 spiro atoms. The van der Waals surface area contributed by atoms with E-state index in [2.05, 4.69) is 49.5 Å². The molecule has 1 aromatic carbocycles. The normalized spacial score (nSPS) is 22.8. The number of furan rings is 1. The van der Waals surface area contributed by atoms with Crippen molar-refractivity contribution in [3.63, 3.8) is 0 Å². The van der Waals surface area contributed by atoms with Crippen LogP contribution in [0.3, 0.4) is 0 Å². The molecule has 1 aliphatic rings. The van der Waals surface area contributed by atoms with Gasteiger partial charge in [0, 0.05) is 18.5 Å². The zero-order valence-electron chi connectivity index (χ0n) is 13.0. The van der Waals surface area contributed by atoms with Crippen molar-refractivity contribution in [2.24, 2.45) is 0 Å². The Kier molecular flexibility index (Phi) is 4.45. The van der Waals surface area contributed by atoms with Gasteiger partial charge in [0.15, 0.2) is 0 Å².